The molecule has 2 N–H and O–H groups in total. The molecule has 0 aromatic carbocycles. The topological polar surface area (TPSA) is 61.7 Å². The molecule has 140 valence electrons. The SMILES string of the molecule is Cn1ccc(-n2nc(C(F)(F)F)c(-c3cc(-c4cc(Br)cs4)cs3)c2N)n1. The molecule has 0 saturated carbocycles. The van der Waals surface area contributed by atoms with Crippen LogP contribution >= 0.6 is 38.6 Å². The second-order valence-corrected chi connectivity index (χ2v) is 8.43. The van der Waals surface area contributed by atoms with Crippen LogP contribution in [0.5, 0.6) is 0 Å². The van der Waals surface area contributed by atoms with E-state index in [2.05, 4.69) is 26.1 Å². The van der Waals surface area contributed by atoms with Gasteiger partial charge in [0.1, 0.15) is 5.82 Å². The van der Waals surface area contributed by atoms with Gasteiger partial charge in [-0.1, -0.05) is 0 Å². The van der Waals surface area contributed by atoms with Crippen molar-refractivity contribution in [1.29, 1.82) is 0 Å². The van der Waals surface area contributed by atoms with E-state index < -0.39 is 11.9 Å². The molecule has 4 rings (SSSR count). The Hall–Kier alpha value is -2.11. The number of nitrogens with two attached hydrogens (primary N) is 1. The highest BCUT2D eigenvalue weighted by molar-refractivity contribution is 9.10. The largest absolute Gasteiger partial charge is 0.435 e. The van der Waals surface area contributed by atoms with Gasteiger partial charge in [-0.3, -0.25) is 4.68 Å². The third kappa shape index (κ3) is 3.30. The Morgan fingerprint density at radius 3 is 2.44 bits per heavy atom. The smallest absolute Gasteiger partial charge is 0.383 e. The molecular formula is C16H11BrF3N5S2. The summed E-state index contributed by atoms with van der Waals surface area (Å²) in [5.74, 6) is 0.132. The van der Waals surface area contributed by atoms with Crippen LogP contribution < -0.4 is 5.73 Å². The Balaban J connectivity index is 1.87. The van der Waals surface area contributed by atoms with Crippen LogP contribution in [0.1, 0.15) is 5.69 Å². The van der Waals surface area contributed by atoms with Crippen molar-refractivity contribution < 1.29 is 13.2 Å². The van der Waals surface area contributed by atoms with Crippen molar-refractivity contribution in [1.82, 2.24) is 19.6 Å². The highest BCUT2D eigenvalue weighted by Crippen LogP contribution is 2.44. The van der Waals surface area contributed by atoms with E-state index in [1.165, 1.54) is 27.4 Å². The summed E-state index contributed by atoms with van der Waals surface area (Å²) in [4.78, 5) is 1.36. The van der Waals surface area contributed by atoms with Gasteiger partial charge in [-0.25, -0.2) is 0 Å². The summed E-state index contributed by atoms with van der Waals surface area (Å²) in [5, 5.41) is 11.5. The fourth-order valence-electron chi connectivity index (χ4n) is 2.62. The minimum atomic E-state index is -4.64. The number of nitrogen functional groups attached to an aromatic ring is 1. The lowest BCUT2D eigenvalue weighted by molar-refractivity contribution is -0.140. The van der Waals surface area contributed by atoms with Crippen LogP contribution in [-0.4, -0.2) is 19.6 Å². The standard InChI is InChI=1S/C16H11BrF3N5S2/c1-24-3-2-12(22-24)25-15(21)13(14(23-25)16(18,19)20)11-4-8(6-26-11)10-5-9(17)7-27-10/h2-7H,21H2,1H3. The summed E-state index contributed by atoms with van der Waals surface area (Å²) in [5.41, 5.74) is 5.77. The minimum absolute atomic E-state index is 0.0956. The number of hydrogen-bond acceptors (Lipinski definition) is 5. The number of alkyl halides is 3. The Bertz CT molecular complexity index is 1120. The summed E-state index contributed by atoms with van der Waals surface area (Å²) in [6.07, 6.45) is -3.03. The predicted octanol–water partition coefficient (Wildman–Crippen LogP) is 5.43. The Kier molecular flexibility index (Phi) is 4.40. The van der Waals surface area contributed by atoms with E-state index in [1.54, 1.807) is 25.4 Å². The van der Waals surface area contributed by atoms with Gasteiger partial charge in [0.15, 0.2) is 11.5 Å². The molecule has 0 bridgehead atoms. The molecule has 4 aromatic rings. The molecule has 0 unspecified atom stereocenters. The second-order valence-electron chi connectivity index (χ2n) is 5.69. The molecule has 0 fully saturated rings. The molecule has 4 aromatic heterocycles. The van der Waals surface area contributed by atoms with Crippen LogP contribution in [0, 0.1) is 0 Å². The molecule has 0 spiro atoms. The van der Waals surface area contributed by atoms with Gasteiger partial charge in [-0.05, 0) is 28.1 Å². The van der Waals surface area contributed by atoms with Crippen LogP contribution in [-0.2, 0) is 13.2 Å². The molecule has 5 nitrogen and oxygen atoms in total. The van der Waals surface area contributed by atoms with Crippen molar-refractivity contribution in [3.05, 3.63) is 45.3 Å². The fraction of sp³-hybridized carbons (Fsp3) is 0.125. The summed E-state index contributed by atoms with van der Waals surface area (Å²) < 4.78 is 44.3. The maximum absolute atomic E-state index is 13.6. The normalized spacial score (nSPS) is 12.0. The van der Waals surface area contributed by atoms with Gasteiger partial charge in [0, 0.05) is 49.9 Å². The van der Waals surface area contributed by atoms with E-state index in [4.69, 9.17) is 5.73 Å². The van der Waals surface area contributed by atoms with Crippen LogP contribution in [0.15, 0.2) is 39.6 Å². The van der Waals surface area contributed by atoms with E-state index in [9.17, 15) is 13.2 Å². The lowest BCUT2D eigenvalue weighted by Crippen LogP contribution is -2.08. The zero-order valence-corrected chi connectivity index (χ0v) is 16.9. The molecule has 0 radical (unpaired) electrons. The monoisotopic (exact) mass is 473 g/mol. The van der Waals surface area contributed by atoms with E-state index in [0.717, 1.165) is 19.6 Å². The van der Waals surface area contributed by atoms with Crippen LogP contribution in [0.3, 0.4) is 0 Å². The first-order chi connectivity index (χ1) is 12.7. The predicted molar refractivity (Wildman–Crippen MR) is 104 cm³/mol. The first-order valence-corrected chi connectivity index (χ1v) is 10.1. The van der Waals surface area contributed by atoms with Gasteiger partial charge >= 0.3 is 6.18 Å². The Morgan fingerprint density at radius 1 is 1.11 bits per heavy atom. The van der Waals surface area contributed by atoms with Gasteiger partial charge in [0.05, 0.1) is 5.56 Å². The number of aryl methyl sites for hydroxylation is 1. The summed E-state index contributed by atoms with van der Waals surface area (Å²) in [7, 11) is 1.67. The quantitative estimate of drug-likeness (QED) is 0.431. The van der Waals surface area contributed by atoms with Crippen LogP contribution in [0.2, 0.25) is 0 Å². The van der Waals surface area contributed by atoms with Gasteiger partial charge in [-0.15, -0.1) is 22.7 Å². The molecule has 0 aliphatic rings. The molecule has 0 saturated heterocycles. The van der Waals surface area contributed by atoms with Crippen molar-refractivity contribution in [3.8, 4) is 26.7 Å². The number of rotatable bonds is 3. The molecule has 0 aliphatic heterocycles. The van der Waals surface area contributed by atoms with Gasteiger partial charge in [0.2, 0.25) is 0 Å². The molecule has 0 aliphatic carbocycles. The van der Waals surface area contributed by atoms with Crippen LogP contribution in [0.4, 0.5) is 19.0 Å². The average Bonchev–Trinajstić information content (AvgIpc) is 3.32. The fourth-order valence-corrected chi connectivity index (χ4v) is 5.08. The summed E-state index contributed by atoms with van der Waals surface area (Å²) in [6, 6.07) is 5.17. The van der Waals surface area contributed by atoms with Crippen molar-refractivity contribution in [3.63, 3.8) is 0 Å². The minimum Gasteiger partial charge on any atom is -0.383 e. The van der Waals surface area contributed by atoms with Gasteiger partial charge in [-0.2, -0.15) is 28.1 Å². The van der Waals surface area contributed by atoms with Gasteiger partial charge in [0.25, 0.3) is 0 Å². The molecule has 11 heteroatoms. The first-order valence-electron chi connectivity index (χ1n) is 7.53. The summed E-state index contributed by atoms with van der Waals surface area (Å²) >= 11 is 6.08. The van der Waals surface area contributed by atoms with Crippen molar-refractivity contribution >= 4 is 44.4 Å². The van der Waals surface area contributed by atoms with Crippen molar-refractivity contribution in [2.24, 2.45) is 7.05 Å². The molecule has 4 heterocycles. The highest BCUT2D eigenvalue weighted by Gasteiger charge is 2.40. The van der Waals surface area contributed by atoms with E-state index in [-0.39, 0.29) is 17.2 Å². The number of halogens is 4. The Morgan fingerprint density at radius 2 is 1.85 bits per heavy atom. The average molecular weight is 474 g/mol. The van der Waals surface area contributed by atoms with Gasteiger partial charge < -0.3 is 5.73 Å². The molecule has 27 heavy (non-hydrogen) atoms. The Labute approximate surface area is 168 Å². The number of aromatic nitrogens is 4. The third-order valence-electron chi connectivity index (χ3n) is 3.80. The lowest BCUT2D eigenvalue weighted by Gasteiger charge is -2.04. The van der Waals surface area contributed by atoms with E-state index in [1.807, 2.05) is 16.8 Å². The maximum atomic E-state index is 13.6. The number of thiophene rings is 2. The highest BCUT2D eigenvalue weighted by atomic mass is 79.9. The van der Waals surface area contributed by atoms with Crippen molar-refractivity contribution in [2.45, 2.75) is 6.18 Å². The molecule has 0 atom stereocenters. The summed E-state index contributed by atoms with van der Waals surface area (Å²) in [6.45, 7) is 0. The number of nitrogens with zero attached hydrogens (tertiary/aromatic N) is 4. The molecule has 0 amide bonds. The first kappa shape index (κ1) is 18.3. The lowest BCUT2D eigenvalue weighted by atomic mass is 10.1. The maximum Gasteiger partial charge on any atom is 0.435 e. The number of anilines is 1. The zero-order valence-electron chi connectivity index (χ0n) is 13.7. The van der Waals surface area contributed by atoms with E-state index >= 15 is 0 Å². The molecular weight excluding hydrogens is 463 g/mol. The van der Waals surface area contributed by atoms with Crippen molar-refractivity contribution in [2.75, 3.05) is 5.73 Å². The van der Waals surface area contributed by atoms with E-state index in [0.29, 0.717) is 4.88 Å². The third-order valence-corrected chi connectivity index (χ3v) is 6.49. The zero-order chi connectivity index (χ0) is 19.3. The second kappa shape index (κ2) is 6.50. The van der Waals surface area contributed by atoms with Crippen LogP contribution in [0.25, 0.3) is 26.7 Å². The number of hydrogen-bond donors (Lipinski definition) is 1.